The first-order valence-electron chi connectivity index (χ1n) is 6.62. The van der Waals surface area contributed by atoms with Gasteiger partial charge in [-0.15, -0.1) is 0 Å². The minimum absolute atomic E-state index is 0.0597. The van der Waals surface area contributed by atoms with Crippen molar-refractivity contribution in [3.63, 3.8) is 0 Å². The molecule has 1 fully saturated rings. The van der Waals surface area contributed by atoms with Crippen LogP contribution in [0.3, 0.4) is 0 Å². The molecule has 1 aromatic rings. The number of piperazine rings is 1. The van der Waals surface area contributed by atoms with Crippen molar-refractivity contribution in [2.45, 2.75) is 6.92 Å². The Bertz CT molecular complexity index is 496. The third kappa shape index (κ3) is 3.54. The Morgan fingerprint density at radius 3 is 2.70 bits per heavy atom. The maximum absolute atomic E-state index is 12.0. The van der Waals surface area contributed by atoms with Gasteiger partial charge in [0.15, 0.2) is 12.9 Å². The van der Waals surface area contributed by atoms with Gasteiger partial charge in [0.25, 0.3) is 5.91 Å². The molecule has 0 atom stereocenters. The molecule has 0 aliphatic carbocycles. The fourth-order valence-corrected chi connectivity index (χ4v) is 2.06. The van der Waals surface area contributed by atoms with E-state index in [1.54, 1.807) is 24.0 Å². The molecule has 1 amide bonds. The van der Waals surface area contributed by atoms with Gasteiger partial charge < -0.3 is 14.5 Å². The maximum Gasteiger partial charge on any atom is 0.260 e. The highest BCUT2D eigenvalue weighted by atomic mass is 16.5. The number of pyridine rings is 1. The zero-order valence-corrected chi connectivity index (χ0v) is 11.8. The number of likely N-dealkylation sites (N-methyl/N-ethyl adjacent to an activating group) is 1. The molecular weight excluding hydrogens is 258 g/mol. The molecule has 20 heavy (non-hydrogen) atoms. The van der Waals surface area contributed by atoms with E-state index in [1.165, 1.54) is 0 Å². The van der Waals surface area contributed by atoms with Crippen molar-refractivity contribution in [2.75, 3.05) is 39.8 Å². The first kappa shape index (κ1) is 14.5. The predicted octanol–water partition coefficient (Wildman–Crippen LogP) is 0.355. The van der Waals surface area contributed by atoms with Crippen molar-refractivity contribution < 1.29 is 14.3 Å². The van der Waals surface area contributed by atoms with Gasteiger partial charge in [-0.1, -0.05) is 0 Å². The molecule has 0 aromatic carbocycles. The third-order valence-electron chi connectivity index (χ3n) is 3.34. The standard InChI is InChI=1S/C14H19N3O3/c1-11-3-4-13(12(9-18)15-11)20-10-14(19)17-7-5-16(2)6-8-17/h3-4,9H,5-8,10H2,1-2H3. The number of hydrogen-bond acceptors (Lipinski definition) is 5. The summed E-state index contributed by atoms with van der Waals surface area (Å²) in [5.74, 6) is 0.295. The van der Waals surface area contributed by atoms with Crippen molar-refractivity contribution in [1.29, 1.82) is 0 Å². The minimum atomic E-state index is -0.0602. The number of aryl methyl sites for hydroxylation is 1. The maximum atomic E-state index is 12.0. The second kappa shape index (κ2) is 6.47. The normalized spacial score (nSPS) is 16.0. The van der Waals surface area contributed by atoms with Crippen LogP contribution in [-0.2, 0) is 4.79 Å². The fraction of sp³-hybridized carbons (Fsp3) is 0.500. The van der Waals surface area contributed by atoms with E-state index in [1.807, 2.05) is 7.05 Å². The lowest BCUT2D eigenvalue weighted by molar-refractivity contribution is -0.134. The van der Waals surface area contributed by atoms with Crippen LogP contribution >= 0.6 is 0 Å². The average molecular weight is 277 g/mol. The highest BCUT2D eigenvalue weighted by Crippen LogP contribution is 2.15. The Labute approximate surface area is 118 Å². The summed E-state index contributed by atoms with van der Waals surface area (Å²) in [5.41, 5.74) is 0.973. The van der Waals surface area contributed by atoms with E-state index in [0.29, 0.717) is 25.1 Å². The van der Waals surface area contributed by atoms with E-state index in [-0.39, 0.29) is 18.2 Å². The molecule has 1 aliphatic heterocycles. The summed E-state index contributed by atoms with van der Waals surface area (Å²) in [5, 5.41) is 0. The number of hydrogen-bond donors (Lipinski definition) is 0. The summed E-state index contributed by atoms with van der Waals surface area (Å²) in [6, 6.07) is 3.42. The Hall–Kier alpha value is -1.95. The Morgan fingerprint density at radius 2 is 2.05 bits per heavy atom. The van der Waals surface area contributed by atoms with E-state index in [2.05, 4.69) is 9.88 Å². The average Bonchev–Trinajstić information content (AvgIpc) is 2.46. The highest BCUT2D eigenvalue weighted by molar-refractivity contribution is 5.79. The van der Waals surface area contributed by atoms with Gasteiger partial charge in [0.1, 0.15) is 11.4 Å². The number of rotatable bonds is 4. The third-order valence-corrected chi connectivity index (χ3v) is 3.34. The second-order valence-corrected chi connectivity index (χ2v) is 4.93. The van der Waals surface area contributed by atoms with Crippen LogP contribution in [0, 0.1) is 6.92 Å². The van der Waals surface area contributed by atoms with Crippen molar-refractivity contribution in [3.05, 3.63) is 23.5 Å². The fourth-order valence-electron chi connectivity index (χ4n) is 2.06. The van der Waals surface area contributed by atoms with E-state index in [4.69, 9.17) is 4.74 Å². The van der Waals surface area contributed by atoms with Gasteiger partial charge in [0.05, 0.1) is 0 Å². The van der Waals surface area contributed by atoms with Gasteiger partial charge in [-0.2, -0.15) is 0 Å². The zero-order chi connectivity index (χ0) is 14.5. The van der Waals surface area contributed by atoms with Crippen LogP contribution in [0.2, 0.25) is 0 Å². The summed E-state index contributed by atoms with van der Waals surface area (Å²) in [7, 11) is 2.03. The molecule has 0 bridgehead atoms. The smallest absolute Gasteiger partial charge is 0.260 e. The zero-order valence-electron chi connectivity index (χ0n) is 11.8. The van der Waals surface area contributed by atoms with E-state index < -0.39 is 0 Å². The molecule has 108 valence electrons. The van der Waals surface area contributed by atoms with Crippen LogP contribution in [0.25, 0.3) is 0 Å². The Balaban J connectivity index is 1.92. The van der Waals surface area contributed by atoms with Gasteiger partial charge in [-0.3, -0.25) is 9.59 Å². The van der Waals surface area contributed by atoms with Crippen molar-refractivity contribution in [3.8, 4) is 5.75 Å². The number of carbonyl (C=O) groups is 2. The molecule has 1 aliphatic rings. The molecule has 0 N–H and O–H groups in total. The molecule has 0 spiro atoms. The Kier molecular flexibility index (Phi) is 4.68. The quantitative estimate of drug-likeness (QED) is 0.743. The molecule has 0 saturated carbocycles. The van der Waals surface area contributed by atoms with Crippen LogP contribution in [-0.4, -0.2) is 66.8 Å². The van der Waals surface area contributed by atoms with Crippen molar-refractivity contribution in [2.24, 2.45) is 0 Å². The molecule has 2 heterocycles. The lowest BCUT2D eigenvalue weighted by Gasteiger charge is -2.32. The van der Waals surface area contributed by atoms with Crippen molar-refractivity contribution >= 4 is 12.2 Å². The highest BCUT2D eigenvalue weighted by Gasteiger charge is 2.19. The summed E-state index contributed by atoms with van der Waals surface area (Å²) >= 11 is 0. The van der Waals surface area contributed by atoms with Crippen LogP contribution in [0.5, 0.6) is 5.75 Å². The molecular formula is C14H19N3O3. The van der Waals surface area contributed by atoms with Gasteiger partial charge >= 0.3 is 0 Å². The van der Waals surface area contributed by atoms with Crippen LogP contribution in [0.15, 0.2) is 12.1 Å². The van der Waals surface area contributed by atoms with Gasteiger partial charge in [0.2, 0.25) is 0 Å². The predicted molar refractivity (Wildman–Crippen MR) is 73.9 cm³/mol. The van der Waals surface area contributed by atoms with Gasteiger partial charge in [0, 0.05) is 31.9 Å². The number of aromatic nitrogens is 1. The van der Waals surface area contributed by atoms with Gasteiger partial charge in [-0.05, 0) is 26.1 Å². The number of aldehydes is 1. The van der Waals surface area contributed by atoms with Crippen molar-refractivity contribution in [1.82, 2.24) is 14.8 Å². The monoisotopic (exact) mass is 277 g/mol. The Morgan fingerprint density at radius 1 is 1.35 bits per heavy atom. The number of carbonyl (C=O) groups excluding carboxylic acids is 2. The van der Waals surface area contributed by atoms with E-state index in [0.717, 1.165) is 18.8 Å². The first-order chi connectivity index (χ1) is 9.60. The van der Waals surface area contributed by atoms with E-state index >= 15 is 0 Å². The summed E-state index contributed by atoms with van der Waals surface area (Å²) in [6.45, 7) is 4.91. The molecule has 1 saturated heterocycles. The molecule has 6 heteroatoms. The summed E-state index contributed by atoms with van der Waals surface area (Å²) < 4.78 is 5.43. The topological polar surface area (TPSA) is 62.7 Å². The molecule has 0 unspecified atom stereocenters. The number of nitrogens with zero attached hydrogens (tertiary/aromatic N) is 3. The van der Waals surface area contributed by atoms with Crippen LogP contribution in [0.1, 0.15) is 16.2 Å². The number of ether oxygens (including phenoxy) is 1. The lowest BCUT2D eigenvalue weighted by atomic mass is 10.3. The minimum Gasteiger partial charge on any atom is -0.481 e. The summed E-state index contributed by atoms with van der Waals surface area (Å²) in [6.07, 6.45) is 0.642. The lowest BCUT2D eigenvalue weighted by Crippen LogP contribution is -2.48. The summed E-state index contributed by atoms with van der Waals surface area (Å²) in [4.78, 5) is 31.0. The molecule has 6 nitrogen and oxygen atoms in total. The molecule has 1 aromatic heterocycles. The molecule has 0 radical (unpaired) electrons. The SMILES string of the molecule is Cc1ccc(OCC(=O)N2CCN(C)CC2)c(C=O)n1. The second-order valence-electron chi connectivity index (χ2n) is 4.93. The molecule has 2 rings (SSSR count). The number of amides is 1. The van der Waals surface area contributed by atoms with Crippen LogP contribution < -0.4 is 4.74 Å². The van der Waals surface area contributed by atoms with E-state index in [9.17, 15) is 9.59 Å². The van der Waals surface area contributed by atoms with Crippen LogP contribution in [0.4, 0.5) is 0 Å². The first-order valence-corrected chi connectivity index (χ1v) is 6.62. The largest absolute Gasteiger partial charge is 0.481 e. The van der Waals surface area contributed by atoms with Gasteiger partial charge in [-0.25, -0.2) is 4.98 Å².